The summed E-state index contributed by atoms with van der Waals surface area (Å²) in [6.45, 7) is 2.81. The molecule has 0 radical (unpaired) electrons. The molecule has 0 bridgehead atoms. The third-order valence-electron chi connectivity index (χ3n) is 5.89. The second-order valence-electron chi connectivity index (χ2n) is 7.86. The molecule has 31 heavy (non-hydrogen) atoms. The van der Waals surface area contributed by atoms with E-state index in [1.165, 1.54) is 0 Å². The summed E-state index contributed by atoms with van der Waals surface area (Å²) in [6, 6.07) is 16.1. The van der Waals surface area contributed by atoms with Gasteiger partial charge in [-0.3, -0.25) is 9.59 Å². The number of benzene rings is 3. The van der Waals surface area contributed by atoms with E-state index in [0.29, 0.717) is 24.9 Å². The van der Waals surface area contributed by atoms with E-state index >= 15 is 0 Å². The van der Waals surface area contributed by atoms with Gasteiger partial charge < -0.3 is 20.1 Å². The lowest BCUT2D eigenvalue weighted by Crippen LogP contribution is -2.45. The molecule has 3 aromatic carbocycles. The molecule has 1 atom stereocenters. The first-order valence-corrected chi connectivity index (χ1v) is 10.4. The highest BCUT2D eigenvalue weighted by Gasteiger charge is 2.35. The summed E-state index contributed by atoms with van der Waals surface area (Å²) in [6.07, 6.45) is 1.35. The molecule has 0 aliphatic carbocycles. The quantitative estimate of drug-likeness (QED) is 0.661. The number of aryl methyl sites for hydroxylation is 1. The Hall–Kier alpha value is -3.54. The maximum atomic E-state index is 13.2. The van der Waals surface area contributed by atoms with Crippen LogP contribution in [-0.4, -0.2) is 41.5 Å². The third-order valence-corrected chi connectivity index (χ3v) is 5.89. The van der Waals surface area contributed by atoms with Crippen LogP contribution >= 0.6 is 0 Å². The lowest BCUT2D eigenvalue weighted by molar-refractivity contribution is -0.125. The molecule has 1 fully saturated rings. The lowest BCUT2D eigenvalue weighted by Gasteiger charge is -2.24. The van der Waals surface area contributed by atoms with E-state index in [-0.39, 0.29) is 23.1 Å². The van der Waals surface area contributed by atoms with Crippen molar-refractivity contribution >= 4 is 22.6 Å². The fraction of sp³-hybridized carbons (Fsp3) is 0.280. The average molecular weight is 418 g/mol. The van der Waals surface area contributed by atoms with E-state index in [4.69, 9.17) is 4.74 Å². The Morgan fingerprint density at radius 1 is 1.16 bits per heavy atom. The van der Waals surface area contributed by atoms with Crippen LogP contribution in [0.25, 0.3) is 10.8 Å². The second kappa shape index (κ2) is 8.68. The van der Waals surface area contributed by atoms with Crippen LogP contribution in [0.2, 0.25) is 0 Å². The van der Waals surface area contributed by atoms with E-state index in [1.54, 1.807) is 24.1 Å². The number of phenolic OH excluding ortho intramolecular Hbond substituents is 1. The third kappa shape index (κ3) is 4.06. The van der Waals surface area contributed by atoms with Crippen LogP contribution in [0, 0.1) is 6.92 Å². The van der Waals surface area contributed by atoms with Crippen molar-refractivity contribution in [1.82, 2.24) is 10.2 Å². The van der Waals surface area contributed by atoms with Crippen LogP contribution in [0.1, 0.15) is 34.3 Å². The number of carbonyl (C=O) groups excluding carboxylic acids is 2. The molecule has 1 unspecified atom stereocenters. The van der Waals surface area contributed by atoms with E-state index in [9.17, 15) is 14.7 Å². The molecule has 0 spiro atoms. The van der Waals surface area contributed by atoms with Crippen LogP contribution in [0.3, 0.4) is 0 Å². The number of fused-ring (bicyclic) bond motifs is 1. The summed E-state index contributed by atoms with van der Waals surface area (Å²) in [5.74, 6) is 0.223. The van der Waals surface area contributed by atoms with Crippen LogP contribution < -0.4 is 10.1 Å². The number of phenols is 1. The van der Waals surface area contributed by atoms with Gasteiger partial charge in [-0.05, 0) is 48.4 Å². The number of aromatic hydroxyl groups is 1. The Labute approximate surface area is 181 Å². The van der Waals surface area contributed by atoms with Gasteiger partial charge >= 0.3 is 0 Å². The Kier molecular flexibility index (Phi) is 5.80. The molecular weight excluding hydrogens is 392 g/mol. The molecule has 2 N–H and O–H groups in total. The van der Waals surface area contributed by atoms with Gasteiger partial charge in [-0.15, -0.1) is 0 Å². The van der Waals surface area contributed by atoms with Gasteiger partial charge in [0.05, 0.1) is 12.7 Å². The summed E-state index contributed by atoms with van der Waals surface area (Å²) < 4.78 is 5.34. The molecule has 1 aliphatic heterocycles. The first kappa shape index (κ1) is 20.7. The average Bonchev–Trinajstić information content (AvgIpc) is 3.28. The molecule has 1 heterocycles. The highest BCUT2D eigenvalue weighted by Crippen LogP contribution is 2.31. The minimum Gasteiger partial charge on any atom is -0.506 e. The number of carbonyl (C=O) groups is 2. The van der Waals surface area contributed by atoms with Gasteiger partial charge in [-0.2, -0.15) is 0 Å². The van der Waals surface area contributed by atoms with Crippen molar-refractivity contribution in [2.45, 2.75) is 32.4 Å². The van der Waals surface area contributed by atoms with Crippen LogP contribution in [0.4, 0.5) is 0 Å². The minimum absolute atomic E-state index is 0.0408. The molecule has 3 aromatic rings. The van der Waals surface area contributed by atoms with Crippen molar-refractivity contribution < 1.29 is 19.4 Å². The topological polar surface area (TPSA) is 78.9 Å². The van der Waals surface area contributed by atoms with Gasteiger partial charge in [-0.1, -0.05) is 42.5 Å². The second-order valence-corrected chi connectivity index (χ2v) is 7.86. The first-order valence-electron chi connectivity index (χ1n) is 10.4. The molecule has 6 heteroatoms. The summed E-state index contributed by atoms with van der Waals surface area (Å²) >= 11 is 0. The SMILES string of the molecule is COc1cc(CNC(=O)C2CCCN2C(=O)c2ccc3ccccc3c2O)ccc1C. The molecule has 6 nitrogen and oxygen atoms in total. The smallest absolute Gasteiger partial charge is 0.258 e. The molecule has 0 saturated carbocycles. The van der Waals surface area contributed by atoms with E-state index < -0.39 is 6.04 Å². The summed E-state index contributed by atoms with van der Waals surface area (Å²) in [4.78, 5) is 27.6. The van der Waals surface area contributed by atoms with Crippen molar-refractivity contribution in [2.24, 2.45) is 0 Å². The van der Waals surface area contributed by atoms with Gasteiger partial charge in [0.15, 0.2) is 0 Å². The number of likely N-dealkylation sites (tertiary alicyclic amines) is 1. The van der Waals surface area contributed by atoms with Crippen molar-refractivity contribution in [3.05, 3.63) is 71.3 Å². The van der Waals surface area contributed by atoms with Crippen LogP contribution in [0.15, 0.2) is 54.6 Å². The van der Waals surface area contributed by atoms with Crippen LogP contribution in [-0.2, 0) is 11.3 Å². The van der Waals surface area contributed by atoms with E-state index in [1.807, 2.05) is 49.4 Å². The van der Waals surface area contributed by atoms with E-state index in [0.717, 1.165) is 28.7 Å². The number of methoxy groups -OCH3 is 1. The fourth-order valence-electron chi connectivity index (χ4n) is 4.15. The number of hydrogen-bond donors (Lipinski definition) is 2. The molecule has 0 aromatic heterocycles. The Morgan fingerprint density at radius 3 is 2.77 bits per heavy atom. The molecule has 160 valence electrons. The number of hydrogen-bond acceptors (Lipinski definition) is 4. The maximum absolute atomic E-state index is 13.2. The largest absolute Gasteiger partial charge is 0.506 e. The predicted molar refractivity (Wildman–Crippen MR) is 119 cm³/mol. The first-order chi connectivity index (χ1) is 15.0. The van der Waals surface area contributed by atoms with Crippen molar-refractivity contribution in [3.8, 4) is 11.5 Å². The highest BCUT2D eigenvalue weighted by atomic mass is 16.5. The van der Waals surface area contributed by atoms with Gasteiger partial charge in [0.1, 0.15) is 17.5 Å². The zero-order chi connectivity index (χ0) is 22.0. The fourth-order valence-corrected chi connectivity index (χ4v) is 4.15. The van der Waals surface area contributed by atoms with E-state index in [2.05, 4.69) is 5.32 Å². The number of amides is 2. The number of rotatable bonds is 5. The van der Waals surface area contributed by atoms with Gasteiger partial charge in [-0.25, -0.2) is 0 Å². The summed E-state index contributed by atoms with van der Waals surface area (Å²) in [7, 11) is 1.62. The molecule has 4 rings (SSSR count). The monoisotopic (exact) mass is 418 g/mol. The zero-order valence-electron chi connectivity index (χ0n) is 17.7. The van der Waals surface area contributed by atoms with Crippen LogP contribution in [0.5, 0.6) is 11.5 Å². The molecular formula is C25H26N2O4. The van der Waals surface area contributed by atoms with Gasteiger partial charge in [0, 0.05) is 18.5 Å². The lowest BCUT2D eigenvalue weighted by atomic mass is 10.0. The minimum atomic E-state index is -0.550. The molecule has 1 saturated heterocycles. The molecule has 1 aliphatic rings. The Morgan fingerprint density at radius 2 is 1.97 bits per heavy atom. The van der Waals surface area contributed by atoms with Crippen molar-refractivity contribution in [3.63, 3.8) is 0 Å². The Balaban J connectivity index is 1.49. The standard InChI is InChI=1S/C25H26N2O4/c1-16-9-10-17(14-22(16)31-2)15-26-24(29)21-8-5-13-27(21)25(30)20-12-11-18-6-3-4-7-19(18)23(20)28/h3-4,6-7,9-12,14,21,28H,5,8,13,15H2,1-2H3,(H,26,29). The summed E-state index contributed by atoms with van der Waals surface area (Å²) in [5.41, 5.74) is 2.18. The van der Waals surface area contributed by atoms with Gasteiger partial charge in [0.25, 0.3) is 5.91 Å². The predicted octanol–water partition coefficient (Wildman–Crippen LogP) is 3.78. The Bertz CT molecular complexity index is 1140. The normalized spacial score (nSPS) is 15.8. The molecule has 2 amide bonds. The highest BCUT2D eigenvalue weighted by molar-refractivity contribution is 6.05. The number of nitrogens with zero attached hydrogens (tertiary/aromatic N) is 1. The maximum Gasteiger partial charge on any atom is 0.258 e. The van der Waals surface area contributed by atoms with Gasteiger partial charge in [0.2, 0.25) is 5.91 Å². The van der Waals surface area contributed by atoms with Crippen molar-refractivity contribution in [1.29, 1.82) is 0 Å². The van der Waals surface area contributed by atoms with Crippen molar-refractivity contribution in [2.75, 3.05) is 13.7 Å². The summed E-state index contributed by atoms with van der Waals surface area (Å²) in [5, 5.41) is 15.1. The number of ether oxygens (including phenoxy) is 1. The zero-order valence-corrected chi connectivity index (χ0v) is 17.7. The number of nitrogens with one attached hydrogen (secondary N) is 1.